The van der Waals surface area contributed by atoms with Crippen LogP contribution in [0.5, 0.6) is 0 Å². The Labute approximate surface area is 412 Å². The molecule has 7 amide bonds. The van der Waals surface area contributed by atoms with E-state index in [4.69, 9.17) is 11.5 Å². The van der Waals surface area contributed by atoms with Crippen molar-refractivity contribution in [2.45, 2.75) is 120 Å². The minimum atomic E-state index is -1.64. The molecule has 1 heterocycles. The highest BCUT2D eigenvalue weighted by Crippen LogP contribution is 2.20. The first-order valence-corrected chi connectivity index (χ1v) is 23.9. The monoisotopic (exact) mass is 988 g/mol. The first-order chi connectivity index (χ1) is 33.4. The molecule has 0 fully saturated rings. The van der Waals surface area contributed by atoms with Gasteiger partial charge in [0.2, 0.25) is 41.4 Å². The van der Waals surface area contributed by atoms with Gasteiger partial charge in [-0.25, -0.2) is 0 Å². The number of amides is 7. The van der Waals surface area contributed by atoms with E-state index in [1.165, 1.54) is 20.8 Å². The second-order valence-corrected chi connectivity index (χ2v) is 17.6. The van der Waals surface area contributed by atoms with E-state index in [0.29, 0.717) is 24.0 Å². The molecule has 21 heteroatoms. The zero-order valence-corrected chi connectivity index (χ0v) is 40.5. The Kier molecular flexibility index (Phi) is 22.8. The van der Waals surface area contributed by atoms with Crippen molar-refractivity contribution in [3.8, 4) is 0 Å². The van der Waals surface area contributed by atoms with Gasteiger partial charge in [0.15, 0.2) is 0 Å². The highest BCUT2D eigenvalue weighted by molar-refractivity contribution is 7.80. The van der Waals surface area contributed by atoms with Crippen molar-refractivity contribution < 1.29 is 48.9 Å². The van der Waals surface area contributed by atoms with E-state index in [1.807, 2.05) is 54.6 Å². The summed E-state index contributed by atoms with van der Waals surface area (Å²) < 4.78 is 0. The third kappa shape index (κ3) is 17.2. The number of carbonyl (C=O) groups is 7. The number of rotatable bonds is 28. The van der Waals surface area contributed by atoms with Gasteiger partial charge in [-0.3, -0.25) is 33.6 Å². The van der Waals surface area contributed by atoms with E-state index >= 15 is 0 Å². The van der Waals surface area contributed by atoms with Crippen LogP contribution in [0.2, 0.25) is 0 Å². The predicted octanol–water partition coefficient (Wildman–Crippen LogP) is -1.25. The zero-order chi connectivity index (χ0) is 51.3. The predicted molar refractivity (Wildman–Crippen MR) is 267 cm³/mol. The summed E-state index contributed by atoms with van der Waals surface area (Å²) in [4.78, 5) is 99.7. The molecule has 20 nitrogen and oxygen atoms in total. The average molecular weight is 989 g/mol. The molecule has 380 valence electrons. The largest absolute Gasteiger partial charge is 0.394 e. The molecule has 1 aromatic heterocycles. The van der Waals surface area contributed by atoms with E-state index in [0.717, 1.165) is 16.5 Å². The summed E-state index contributed by atoms with van der Waals surface area (Å²) in [6.07, 6.45) is -0.0112. The molecule has 70 heavy (non-hydrogen) atoms. The molecule has 10 atom stereocenters. The number of thiol groups is 1. The van der Waals surface area contributed by atoms with Crippen molar-refractivity contribution >= 4 is 64.9 Å². The van der Waals surface area contributed by atoms with Gasteiger partial charge >= 0.3 is 0 Å². The topological polar surface area (TPSA) is 332 Å². The maximum Gasteiger partial charge on any atom is 0.245 e. The third-order valence-electron chi connectivity index (χ3n) is 11.6. The summed E-state index contributed by atoms with van der Waals surface area (Å²) >= 11 is 4.15. The van der Waals surface area contributed by atoms with Gasteiger partial charge in [-0.05, 0) is 75.8 Å². The Hall–Kier alpha value is -6.36. The molecule has 0 aliphatic rings. The number of hydrogen-bond donors (Lipinski definition) is 14. The summed E-state index contributed by atoms with van der Waals surface area (Å²) in [7, 11) is 0. The summed E-state index contributed by atoms with van der Waals surface area (Å²) in [6, 6.07) is 15.2. The minimum Gasteiger partial charge on any atom is -0.394 e. The van der Waals surface area contributed by atoms with E-state index in [9.17, 15) is 48.9 Å². The number of aromatic amines is 1. The number of aromatic nitrogens is 1. The molecule has 0 saturated carbocycles. The van der Waals surface area contributed by atoms with E-state index < -0.39 is 108 Å². The Morgan fingerprint density at radius 2 is 1.11 bits per heavy atom. The van der Waals surface area contributed by atoms with Gasteiger partial charge in [-0.2, -0.15) is 12.6 Å². The molecule has 4 aromatic rings. The molecule has 4 rings (SSSR count). The van der Waals surface area contributed by atoms with Crippen LogP contribution in [0.1, 0.15) is 56.7 Å². The lowest BCUT2D eigenvalue weighted by molar-refractivity contribution is -0.136. The molecular weight excluding hydrogens is 921 g/mol. The summed E-state index contributed by atoms with van der Waals surface area (Å²) in [5.41, 5.74) is 14.8. The molecule has 0 aliphatic carbocycles. The molecule has 15 N–H and O–H groups in total. The Morgan fingerprint density at radius 1 is 0.586 bits per heavy atom. The van der Waals surface area contributed by atoms with E-state index in [2.05, 4.69) is 54.8 Å². The van der Waals surface area contributed by atoms with Crippen molar-refractivity contribution in [2.75, 3.05) is 18.9 Å². The fourth-order valence-electron chi connectivity index (χ4n) is 7.46. The van der Waals surface area contributed by atoms with Gasteiger partial charge in [-0.1, -0.05) is 78.9 Å². The molecule has 3 aromatic carbocycles. The number of benzene rings is 3. The van der Waals surface area contributed by atoms with Crippen LogP contribution in [-0.2, 0) is 52.8 Å². The van der Waals surface area contributed by atoms with Crippen LogP contribution < -0.4 is 48.7 Å². The van der Waals surface area contributed by atoms with E-state index in [-0.39, 0.29) is 38.0 Å². The first kappa shape index (κ1) is 56.2. The fraction of sp³-hybridized carbons (Fsp3) is 0.449. The highest BCUT2D eigenvalue weighted by atomic mass is 32.1. The van der Waals surface area contributed by atoms with Gasteiger partial charge in [0.25, 0.3) is 0 Å². The van der Waals surface area contributed by atoms with Crippen LogP contribution in [0, 0.1) is 0 Å². The number of unbranched alkanes of at least 4 members (excludes halogenated alkanes) is 1. The number of aliphatic hydroxyl groups is 3. The van der Waals surface area contributed by atoms with Gasteiger partial charge in [-0.15, -0.1) is 0 Å². The van der Waals surface area contributed by atoms with Crippen molar-refractivity contribution in [3.05, 3.63) is 108 Å². The van der Waals surface area contributed by atoms with Crippen LogP contribution in [0.25, 0.3) is 10.9 Å². The maximum absolute atomic E-state index is 14.6. The number of aliphatic hydroxyl groups excluding tert-OH is 3. The van der Waals surface area contributed by atoms with Crippen LogP contribution in [0.3, 0.4) is 0 Å². The van der Waals surface area contributed by atoms with Crippen molar-refractivity contribution in [3.63, 3.8) is 0 Å². The molecule has 0 aliphatic heterocycles. The quantitative estimate of drug-likeness (QED) is 0.0235. The Bertz CT molecular complexity index is 2340. The van der Waals surface area contributed by atoms with Gasteiger partial charge in [0, 0.05) is 35.7 Å². The molecule has 0 radical (unpaired) electrons. The van der Waals surface area contributed by atoms with Crippen molar-refractivity contribution in [1.82, 2.24) is 42.2 Å². The lowest BCUT2D eigenvalue weighted by atomic mass is 10.0. The second kappa shape index (κ2) is 28.3. The van der Waals surface area contributed by atoms with Crippen LogP contribution in [0.4, 0.5) is 0 Å². The molecule has 0 bridgehead atoms. The number of nitrogens with one attached hydrogen (secondary N) is 8. The van der Waals surface area contributed by atoms with Gasteiger partial charge in [0.1, 0.15) is 36.3 Å². The zero-order valence-electron chi connectivity index (χ0n) is 39.6. The number of nitrogens with two attached hydrogens (primary N) is 2. The fourth-order valence-corrected chi connectivity index (χ4v) is 7.71. The minimum absolute atomic E-state index is 0.0146. The van der Waals surface area contributed by atoms with Crippen molar-refractivity contribution in [1.29, 1.82) is 0 Å². The van der Waals surface area contributed by atoms with Crippen LogP contribution in [0.15, 0.2) is 91.1 Å². The standard InChI is InChI=1S/C49H68N10O10S/c1-28(53-44(64)35(51)22-31-14-6-4-7-15-31)43(63)55-38(23-32-16-8-5-9-17-32)46(66)56-39(24-33-25-52-36-19-11-10-18-34(33)36)47(67)54-37(20-12-13-21-50)45(65)59-42(30(3)62)49(69)58-41(27-70)48(68)57-40(26-60)29(2)61/h4-11,14-19,25,28-30,35,37-42,52,60-62,70H,12-13,20-24,26-27,50-51H2,1-3H3,(H,53,64)(H,54,67)(H,55,63)(H,56,66)(H,57,68)(H,58,69)(H,59,65)/t28-,29+,30+,35+,37-,38-,39+,40+,41-,42-/m0/s1. The van der Waals surface area contributed by atoms with Crippen molar-refractivity contribution in [2.24, 2.45) is 11.5 Å². The molecular formula is C49H68N10O10S. The summed E-state index contributed by atoms with van der Waals surface area (Å²) in [5, 5.41) is 49.1. The Morgan fingerprint density at radius 3 is 1.70 bits per heavy atom. The first-order valence-electron chi connectivity index (χ1n) is 23.2. The lowest BCUT2D eigenvalue weighted by Gasteiger charge is -2.28. The molecule has 0 saturated heterocycles. The number of hydrogen-bond acceptors (Lipinski definition) is 13. The van der Waals surface area contributed by atoms with E-state index in [1.54, 1.807) is 36.5 Å². The lowest BCUT2D eigenvalue weighted by Crippen LogP contribution is -2.62. The SMILES string of the molecule is C[C@H](NC(=O)[C@H](N)Cc1ccccc1)C(=O)N[C@@H](Cc1ccccc1)C(=O)N[C@H](Cc1c[nH]c2ccccc12)C(=O)N[C@@H](CCCCN)C(=O)N[C@H](C(=O)N[C@@H](CS)C(=O)N[C@H](CO)[C@@H](C)O)[C@@H](C)O. The van der Waals surface area contributed by atoms with Crippen LogP contribution in [-0.4, -0.2) is 141 Å². The Balaban J connectivity index is 1.59. The number of fused-ring (bicyclic) bond motifs is 1. The average Bonchev–Trinajstić information content (AvgIpc) is 3.75. The number of carbonyl (C=O) groups excluding carboxylic acids is 7. The van der Waals surface area contributed by atoms with Gasteiger partial charge < -0.3 is 69.0 Å². The molecule has 0 spiro atoms. The molecule has 0 unspecified atom stereocenters. The van der Waals surface area contributed by atoms with Gasteiger partial charge in [0.05, 0.1) is 30.9 Å². The van der Waals surface area contributed by atoms with Crippen LogP contribution >= 0.6 is 12.6 Å². The normalized spacial score (nSPS) is 15.6. The highest BCUT2D eigenvalue weighted by Gasteiger charge is 2.35. The second-order valence-electron chi connectivity index (χ2n) is 17.3. The third-order valence-corrected chi connectivity index (χ3v) is 12.0. The smallest absolute Gasteiger partial charge is 0.245 e. The maximum atomic E-state index is 14.6. The number of para-hydroxylation sites is 1. The summed E-state index contributed by atoms with van der Waals surface area (Å²) in [6.45, 7) is 3.72. The number of H-pyrrole nitrogens is 1. The summed E-state index contributed by atoms with van der Waals surface area (Å²) in [5.74, 6) is -5.70.